The molecule has 4 heteroatoms. The molecule has 0 saturated carbocycles. The van der Waals surface area contributed by atoms with Gasteiger partial charge < -0.3 is 5.32 Å². The van der Waals surface area contributed by atoms with Crippen molar-refractivity contribution in [2.75, 3.05) is 6.54 Å². The van der Waals surface area contributed by atoms with E-state index in [1.807, 2.05) is 11.7 Å². The van der Waals surface area contributed by atoms with E-state index in [-0.39, 0.29) is 0 Å². The molecule has 0 aromatic carbocycles. The fraction of sp³-hybridized carbons (Fsp3) is 0.818. The van der Waals surface area contributed by atoms with Crippen LogP contribution in [0, 0.1) is 5.92 Å². The van der Waals surface area contributed by atoms with Gasteiger partial charge in [-0.1, -0.05) is 20.8 Å². The fourth-order valence-electron chi connectivity index (χ4n) is 1.57. The van der Waals surface area contributed by atoms with Crippen LogP contribution in [0.2, 0.25) is 0 Å². The summed E-state index contributed by atoms with van der Waals surface area (Å²) >= 11 is 0. The van der Waals surface area contributed by atoms with Crippen LogP contribution >= 0.6 is 0 Å². The summed E-state index contributed by atoms with van der Waals surface area (Å²) in [5.41, 5.74) is 0. The topological polar surface area (TPSA) is 42.7 Å². The van der Waals surface area contributed by atoms with E-state index >= 15 is 0 Å². The molecule has 0 radical (unpaired) electrons. The van der Waals surface area contributed by atoms with Gasteiger partial charge in [0.2, 0.25) is 0 Å². The van der Waals surface area contributed by atoms with Crippen LogP contribution < -0.4 is 5.32 Å². The molecule has 0 amide bonds. The molecule has 1 rings (SSSR count). The number of aryl methyl sites for hydroxylation is 1. The highest BCUT2D eigenvalue weighted by molar-refractivity contribution is 4.90. The lowest BCUT2D eigenvalue weighted by molar-refractivity contribution is 0.387. The van der Waals surface area contributed by atoms with Crippen LogP contribution in [0.4, 0.5) is 0 Å². The molecule has 1 aromatic rings. The van der Waals surface area contributed by atoms with Gasteiger partial charge in [0.1, 0.15) is 12.2 Å². The van der Waals surface area contributed by atoms with Gasteiger partial charge in [-0.25, -0.2) is 4.98 Å². The van der Waals surface area contributed by atoms with Crippen molar-refractivity contribution in [2.24, 2.45) is 13.0 Å². The Hall–Kier alpha value is -0.900. The van der Waals surface area contributed by atoms with Crippen LogP contribution in [0.1, 0.15) is 33.0 Å². The summed E-state index contributed by atoms with van der Waals surface area (Å²) in [7, 11) is 1.94. The van der Waals surface area contributed by atoms with Crippen LogP contribution in [0.5, 0.6) is 0 Å². The first kappa shape index (κ1) is 12.2. The molecular formula is C11H22N4. The lowest BCUT2D eigenvalue weighted by Gasteiger charge is -2.21. The smallest absolute Gasteiger partial charge is 0.138 e. The molecule has 1 unspecified atom stereocenters. The van der Waals surface area contributed by atoms with Gasteiger partial charge in [-0.15, -0.1) is 0 Å². The number of hydrogen-bond acceptors (Lipinski definition) is 3. The molecule has 1 N–H and O–H groups in total. The van der Waals surface area contributed by atoms with Crippen molar-refractivity contribution in [1.82, 2.24) is 20.1 Å². The van der Waals surface area contributed by atoms with Gasteiger partial charge in [-0.05, 0) is 18.9 Å². The Labute approximate surface area is 92.1 Å². The van der Waals surface area contributed by atoms with E-state index in [0.29, 0.717) is 12.0 Å². The summed E-state index contributed by atoms with van der Waals surface area (Å²) in [6.07, 6.45) is 3.74. The highest BCUT2D eigenvalue weighted by atomic mass is 15.3. The first-order valence-electron chi connectivity index (χ1n) is 5.71. The Morgan fingerprint density at radius 1 is 1.47 bits per heavy atom. The summed E-state index contributed by atoms with van der Waals surface area (Å²) in [4.78, 5) is 4.26. The van der Waals surface area contributed by atoms with Gasteiger partial charge in [0.15, 0.2) is 0 Å². The molecule has 0 fully saturated rings. The molecule has 0 aliphatic heterocycles. The molecule has 4 nitrogen and oxygen atoms in total. The molecule has 1 aromatic heterocycles. The highest BCUT2D eigenvalue weighted by Crippen LogP contribution is 2.07. The van der Waals surface area contributed by atoms with Crippen LogP contribution in [-0.4, -0.2) is 27.4 Å². The summed E-state index contributed by atoms with van der Waals surface area (Å²) in [5, 5.41) is 7.64. The molecule has 86 valence electrons. The maximum absolute atomic E-state index is 4.26. The number of nitrogens with zero attached hydrogens (tertiary/aromatic N) is 3. The van der Waals surface area contributed by atoms with E-state index in [9.17, 15) is 0 Å². The first-order chi connectivity index (χ1) is 7.15. The molecule has 1 heterocycles. The first-order valence-corrected chi connectivity index (χ1v) is 5.71. The zero-order valence-electron chi connectivity index (χ0n) is 10.2. The van der Waals surface area contributed by atoms with Crippen molar-refractivity contribution in [1.29, 1.82) is 0 Å². The molecule has 0 bridgehead atoms. The van der Waals surface area contributed by atoms with Gasteiger partial charge in [0.25, 0.3) is 0 Å². The fourth-order valence-corrected chi connectivity index (χ4v) is 1.57. The Balaban J connectivity index is 2.54. The molecule has 0 aliphatic carbocycles. The molecule has 0 spiro atoms. The molecular weight excluding hydrogens is 188 g/mol. The van der Waals surface area contributed by atoms with Crippen molar-refractivity contribution in [2.45, 2.75) is 39.7 Å². The third kappa shape index (κ3) is 3.63. The van der Waals surface area contributed by atoms with Gasteiger partial charge in [-0.2, -0.15) is 5.10 Å². The zero-order valence-corrected chi connectivity index (χ0v) is 10.2. The van der Waals surface area contributed by atoms with Gasteiger partial charge in [0.05, 0.1) is 0 Å². The van der Waals surface area contributed by atoms with Crippen molar-refractivity contribution < 1.29 is 0 Å². The Morgan fingerprint density at radius 3 is 2.67 bits per heavy atom. The van der Waals surface area contributed by atoms with Crippen LogP contribution in [0.15, 0.2) is 6.33 Å². The number of nitrogens with one attached hydrogen (secondary N) is 1. The van der Waals surface area contributed by atoms with E-state index in [1.165, 1.54) is 6.42 Å². The minimum Gasteiger partial charge on any atom is -0.313 e. The lowest BCUT2D eigenvalue weighted by atomic mass is 10.0. The number of rotatable bonds is 6. The standard InChI is InChI=1S/C11H22N4/c1-5-6-12-10(9(2)3)7-11-13-8-14-15(11)4/h8-10,12H,5-7H2,1-4H3. The molecule has 15 heavy (non-hydrogen) atoms. The predicted octanol–water partition coefficient (Wildman–Crippen LogP) is 1.38. The van der Waals surface area contributed by atoms with E-state index < -0.39 is 0 Å². The average molecular weight is 210 g/mol. The second-order valence-corrected chi connectivity index (χ2v) is 4.31. The van der Waals surface area contributed by atoms with E-state index in [1.54, 1.807) is 6.33 Å². The van der Waals surface area contributed by atoms with Crippen molar-refractivity contribution in [3.63, 3.8) is 0 Å². The Morgan fingerprint density at radius 2 is 2.20 bits per heavy atom. The zero-order chi connectivity index (χ0) is 11.3. The minimum atomic E-state index is 0.493. The number of hydrogen-bond donors (Lipinski definition) is 1. The maximum atomic E-state index is 4.26. The third-order valence-corrected chi connectivity index (χ3v) is 2.67. The summed E-state index contributed by atoms with van der Waals surface area (Å²) in [6, 6.07) is 0.493. The minimum absolute atomic E-state index is 0.493. The van der Waals surface area contributed by atoms with Crippen LogP contribution in [0.25, 0.3) is 0 Å². The van der Waals surface area contributed by atoms with E-state index in [2.05, 4.69) is 36.2 Å². The summed E-state index contributed by atoms with van der Waals surface area (Å²) in [6.45, 7) is 7.74. The van der Waals surface area contributed by atoms with E-state index in [4.69, 9.17) is 0 Å². The quantitative estimate of drug-likeness (QED) is 0.771. The highest BCUT2D eigenvalue weighted by Gasteiger charge is 2.15. The van der Waals surface area contributed by atoms with Crippen molar-refractivity contribution in [3.8, 4) is 0 Å². The second kappa shape index (κ2) is 5.85. The normalized spacial score (nSPS) is 13.4. The molecule has 0 saturated heterocycles. The summed E-state index contributed by atoms with van der Waals surface area (Å²) in [5.74, 6) is 1.67. The van der Waals surface area contributed by atoms with Crippen molar-refractivity contribution in [3.05, 3.63) is 12.2 Å². The average Bonchev–Trinajstić information content (AvgIpc) is 2.58. The third-order valence-electron chi connectivity index (χ3n) is 2.67. The largest absolute Gasteiger partial charge is 0.313 e. The Kier molecular flexibility index (Phi) is 4.75. The Bertz CT molecular complexity index is 280. The number of aromatic nitrogens is 3. The molecule has 0 aliphatic rings. The van der Waals surface area contributed by atoms with Gasteiger partial charge in [0, 0.05) is 19.5 Å². The maximum Gasteiger partial charge on any atom is 0.138 e. The van der Waals surface area contributed by atoms with E-state index in [0.717, 1.165) is 18.8 Å². The summed E-state index contributed by atoms with van der Waals surface area (Å²) < 4.78 is 1.85. The van der Waals surface area contributed by atoms with Crippen LogP contribution in [0.3, 0.4) is 0 Å². The van der Waals surface area contributed by atoms with Crippen LogP contribution in [-0.2, 0) is 13.5 Å². The van der Waals surface area contributed by atoms with Gasteiger partial charge in [-0.3, -0.25) is 4.68 Å². The lowest BCUT2D eigenvalue weighted by Crippen LogP contribution is -2.37. The van der Waals surface area contributed by atoms with Crippen molar-refractivity contribution >= 4 is 0 Å². The second-order valence-electron chi connectivity index (χ2n) is 4.31. The SMILES string of the molecule is CCCNC(Cc1ncnn1C)C(C)C. The monoisotopic (exact) mass is 210 g/mol. The molecule has 1 atom stereocenters. The predicted molar refractivity (Wildman–Crippen MR) is 61.6 cm³/mol. The van der Waals surface area contributed by atoms with Gasteiger partial charge >= 0.3 is 0 Å².